The van der Waals surface area contributed by atoms with E-state index >= 15 is 0 Å². The van der Waals surface area contributed by atoms with Gasteiger partial charge in [0.05, 0.1) is 10.8 Å². The molecule has 1 aromatic rings. The zero-order chi connectivity index (χ0) is 16.2. The van der Waals surface area contributed by atoms with Gasteiger partial charge in [-0.3, -0.25) is 4.79 Å². The summed E-state index contributed by atoms with van der Waals surface area (Å²) in [6, 6.07) is 1.73. The highest BCUT2D eigenvalue weighted by molar-refractivity contribution is 8.00. The Balaban J connectivity index is 2.91. The van der Waals surface area contributed by atoms with Crippen molar-refractivity contribution in [1.29, 1.82) is 0 Å². The monoisotopic (exact) mass is 310 g/mol. The molecule has 0 saturated carbocycles. The van der Waals surface area contributed by atoms with Crippen molar-refractivity contribution in [3.63, 3.8) is 0 Å². The van der Waals surface area contributed by atoms with Crippen LogP contribution in [0.1, 0.15) is 42.4 Å². The first-order valence-electron chi connectivity index (χ1n) is 6.88. The maximum Gasteiger partial charge on any atom is 0.338 e. The fraction of sp³-hybridized carbons (Fsp3) is 0.533. The Bertz CT molecular complexity index is 544. The van der Waals surface area contributed by atoms with Crippen molar-refractivity contribution in [3.8, 4) is 0 Å². The van der Waals surface area contributed by atoms with Crippen molar-refractivity contribution in [2.24, 2.45) is 5.92 Å². The molecule has 0 aliphatic rings. The lowest BCUT2D eigenvalue weighted by molar-refractivity contribution is -0.120. The number of aromatic nitrogens is 1. The molecule has 1 unspecified atom stereocenters. The number of pyridine rings is 1. The van der Waals surface area contributed by atoms with E-state index in [-0.39, 0.29) is 11.5 Å². The van der Waals surface area contributed by atoms with E-state index in [0.29, 0.717) is 23.1 Å². The summed E-state index contributed by atoms with van der Waals surface area (Å²) in [5, 5.41) is 12.2. The highest BCUT2D eigenvalue weighted by atomic mass is 32.2. The highest BCUT2D eigenvalue weighted by Gasteiger charge is 2.21. The summed E-state index contributed by atoms with van der Waals surface area (Å²) in [6.45, 7) is 9.96. The second-order valence-corrected chi connectivity index (χ2v) is 6.79. The number of aryl methyl sites for hydroxylation is 2. The van der Waals surface area contributed by atoms with Gasteiger partial charge in [-0.05, 0) is 38.3 Å². The van der Waals surface area contributed by atoms with E-state index in [1.165, 1.54) is 11.8 Å². The third-order valence-electron chi connectivity index (χ3n) is 2.87. The van der Waals surface area contributed by atoms with Gasteiger partial charge >= 0.3 is 5.97 Å². The fourth-order valence-corrected chi connectivity index (χ4v) is 2.91. The molecule has 5 nitrogen and oxygen atoms in total. The molecule has 1 aromatic heterocycles. The fourth-order valence-electron chi connectivity index (χ4n) is 1.82. The van der Waals surface area contributed by atoms with E-state index in [4.69, 9.17) is 0 Å². The molecule has 0 radical (unpaired) electrons. The summed E-state index contributed by atoms with van der Waals surface area (Å²) in [5.41, 5.74) is 1.58. The van der Waals surface area contributed by atoms with E-state index in [0.717, 1.165) is 5.69 Å². The van der Waals surface area contributed by atoms with Crippen molar-refractivity contribution in [1.82, 2.24) is 10.3 Å². The number of aromatic carboxylic acids is 1. The highest BCUT2D eigenvalue weighted by Crippen LogP contribution is 2.28. The van der Waals surface area contributed by atoms with Crippen molar-refractivity contribution >= 4 is 23.6 Å². The van der Waals surface area contributed by atoms with Gasteiger partial charge in [0.2, 0.25) is 5.91 Å². The maximum absolute atomic E-state index is 12.0. The van der Waals surface area contributed by atoms with Crippen LogP contribution in [0.2, 0.25) is 0 Å². The molecule has 0 spiro atoms. The third-order valence-corrected chi connectivity index (χ3v) is 3.95. The first kappa shape index (κ1) is 17.5. The Morgan fingerprint density at radius 3 is 2.48 bits per heavy atom. The number of carboxylic acids is 1. The maximum atomic E-state index is 12.0. The number of hydrogen-bond donors (Lipinski definition) is 2. The molecular formula is C15H22N2O3S. The van der Waals surface area contributed by atoms with Gasteiger partial charge in [-0.1, -0.05) is 25.6 Å². The molecule has 0 fully saturated rings. The Morgan fingerprint density at radius 1 is 1.33 bits per heavy atom. The first-order chi connectivity index (χ1) is 9.72. The van der Waals surface area contributed by atoms with Crippen molar-refractivity contribution < 1.29 is 14.7 Å². The summed E-state index contributed by atoms with van der Waals surface area (Å²) in [5.74, 6) is -0.747. The van der Waals surface area contributed by atoms with Crippen LogP contribution in [-0.4, -0.2) is 33.8 Å². The largest absolute Gasteiger partial charge is 0.478 e. The van der Waals surface area contributed by atoms with Gasteiger partial charge in [-0.15, -0.1) is 0 Å². The molecular weight excluding hydrogens is 288 g/mol. The molecule has 0 aromatic carbocycles. The molecule has 1 atom stereocenters. The molecule has 1 heterocycles. The number of nitrogens with zero attached hydrogens (tertiary/aromatic N) is 1. The van der Waals surface area contributed by atoms with Crippen LogP contribution in [0, 0.1) is 19.8 Å². The zero-order valence-corrected chi connectivity index (χ0v) is 13.9. The number of carbonyl (C=O) groups excluding carboxylic acids is 1. The Morgan fingerprint density at radius 2 is 1.95 bits per heavy atom. The van der Waals surface area contributed by atoms with E-state index in [1.807, 2.05) is 20.8 Å². The third kappa shape index (κ3) is 5.04. The first-order valence-corrected chi connectivity index (χ1v) is 7.76. The van der Waals surface area contributed by atoms with E-state index in [1.54, 1.807) is 19.9 Å². The number of carbonyl (C=O) groups is 2. The van der Waals surface area contributed by atoms with Crippen LogP contribution < -0.4 is 5.32 Å². The second kappa shape index (κ2) is 7.45. The van der Waals surface area contributed by atoms with Crippen LogP contribution >= 0.6 is 11.8 Å². The van der Waals surface area contributed by atoms with Gasteiger partial charge in [-0.25, -0.2) is 9.78 Å². The van der Waals surface area contributed by atoms with Crippen LogP contribution in [-0.2, 0) is 4.79 Å². The van der Waals surface area contributed by atoms with Crippen LogP contribution in [0.4, 0.5) is 0 Å². The van der Waals surface area contributed by atoms with E-state index < -0.39 is 11.2 Å². The molecule has 6 heteroatoms. The average molecular weight is 310 g/mol. The van der Waals surface area contributed by atoms with Crippen LogP contribution in [0.25, 0.3) is 0 Å². The predicted octanol–water partition coefficient (Wildman–Crippen LogP) is 2.65. The van der Waals surface area contributed by atoms with Crippen LogP contribution in [0.15, 0.2) is 11.1 Å². The molecule has 0 aliphatic carbocycles. The minimum atomic E-state index is -1.02. The normalized spacial score (nSPS) is 12.3. The van der Waals surface area contributed by atoms with Crippen molar-refractivity contribution in [2.75, 3.05) is 6.54 Å². The summed E-state index contributed by atoms with van der Waals surface area (Å²) in [6.07, 6.45) is 0. The lowest BCUT2D eigenvalue weighted by atomic mass is 10.1. The van der Waals surface area contributed by atoms with Crippen LogP contribution in [0.5, 0.6) is 0 Å². The lowest BCUT2D eigenvalue weighted by Crippen LogP contribution is -2.33. The smallest absolute Gasteiger partial charge is 0.338 e. The minimum absolute atomic E-state index is 0.106. The van der Waals surface area contributed by atoms with Gasteiger partial charge in [0.25, 0.3) is 0 Å². The number of nitrogens with one attached hydrogen (secondary N) is 1. The molecule has 21 heavy (non-hydrogen) atoms. The molecule has 116 valence electrons. The SMILES string of the molecule is Cc1cc(C)c(C(=O)O)c(SC(C)C(=O)NCC(C)C)n1. The molecule has 2 N–H and O–H groups in total. The minimum Gasteiger partial charge on any atom is -0.478 e. The quantitative estimate of drug-likeness (QED) is 0.790. The number of amides is 1. The Hall–Kier alpha value is -1.56. The van der Waals surface area contributed by atoms with Crippen LogP contribution in [0.3, 0.4) is 0 Å². The number of thioether (sulfide) groups is 1. The summed E-state index contributed by atoms with van der Waals surface area (Å²) >= 11 is 1.18. The summed E-state index contributed by atoms with van der Waals surface area (Å²) in [4.78, 5) is 27.6. The number of hydrogen-bond acceptors (Lipinski definition) is 4. The van der Waals surface area contributed by atoms with Gasteiger partial charge in [0.1, 0.15) is 5.03 Å². The second-order valence-electron chi connectivity index (χ2n) is 5.46. The Kier molecular flexibility index (Phi) is 6.20. The van der Waals surface area contributed by atoms with Gasteiger partial charge in [0, 0.05) is 12.2 Å². The summed E-state index contributed by atoms with van der Waals surface area (Å²) < 4.78 is 0. The topological polar surface area (TPSA) is 79.3 Å². The molecule has 0 aliphatic heterocycles. The van der Waals surface area contributed by atoms with E-state index in [2.05, 4.69) is 10.3 Å². The molecule has 1 amide bonds. The number of rotatable bonds is 6. The van der Waals surface area contributed by atoms with Gasteiger partial charge in [-0.2, -0.15) is 0 Å². The van der Waals surface area contributed by atoms with Gasteiger partial charge in [0.15, 0.2) is 0 Å². The predicted molar refractivity (Wildman–Crippen MR) is 83.8 cm³/mol. The molecule has 1 rings (SSSR count). The molecule has 0 saturated heterocycles. The Labute approximate surface area is 129 Å². The average Bonchev–Trinajstić information content (AvgIpc) is 2.34. The standard InChI is InChI=1S/C15H22N2O3S/c1-8(2)7-16-13(18)11(5)21-14-12(15(19)20)9(3)6-10(4)17-14/h6,8,11H,7H2,1-5H3,(H,16,18)(H,19,20). The molecule has 0 bridgehead atoms. The lowest BCUT2D eigenvalue weighted by Gasteiger charge is -2.15. The van der Waals surface area contributed by atoms with E-state index in [9.17, 15) is 14.7 Å². The van der Waals surface area contributed by atoms with Crippen molar-refractivity contribution in [2.45, 2.75) is 44.9 Å². The summed E-state index contributed by atoms with van der Waals surface area (Å²) in [7, 11) is 0. The van der Waals surface area contributed by atoms with Crippen molar-refractivity contribution in [3.05, 3.63) is 22.9 Å². The zero-order valence-electron chi connectivity index (χ0n) is 13.1. The van der Waals surface area contributed by atoms with Gasteiger partial charge < -0.3 is 10.4 Å². The number of carboxylic acid groups (broad SMARTS) is 1.